The van der Waals surface area contributed by atoms with E-state index in [2.05, 4.69) is 6.92 Å². The summed E-state index contributed by atoms with van der Waals surface area (Å²) in [5.41, 5.74) is 1.97. The molecule has 1 aliphatic rings. The molecule has 1 aromatic rings. The number of amides is 1. The van der Waals surface area contributed by atoms with Crippen molar-refractivity contribution in [3.63, 3.8) is 0 Å². The lowest BCUT2D eigenvalue weighted by atomic mass is 10.1. The van der Waals surface area contributed by atoms with Crippen molar-refractivity contribution in [2.75, 3.05) is 11.9 Å². The van der Waals surface area contributed by atoms with Gasteiger partial charge in [-0.3, -0.25) is 4.79 Å². The molecule has 23 heavy (non-hydrogen) atoms. The summed E-state index contributed by atoms with van der Waals surface area (Å²) in [6, 6.07) is 7.81. The quantitative estimate of drug-likeness (QED) is 0.767. The van der Waals surface area contributed by atoms with Gasteiger partial charge in [0, 0.05) is 12.7 Å². The molecular weight excluding hydrogens is 310 g/mol. The van der Waals surface area contributed by atoms with Crippen LogP contribution in [0.3, 0.4) is 0 Å². The maximum absolute atomic E-state index is 12.7. The maximum Gasteiger partial charge on any atom is 0.247 e. The zero-order valence-electron chi connectivity index (χ0n) is 14.5. The largest absolute Gasteiger partial charge is 0.314 e. The number of anilines is 1. The predicted octanol–water partition coefficient (Wildman–Crippen LogP) is 3.35. The van der Waals surface area contributed by atoms with E-state index >= 15 is 0 Å². The van der Waals surface area contributed by atoms with E-state index in [0.29, 0.717) is 12.8 Å². The SMILES string of the molecule is CCCCc1ccc(N(C)C(=O)C(C)(C)S(=O)(=O)C2CC2)cc1. The van der Waals surface area contributed by atoms with Crippen molar-refractivity contribution < 1.29 is 13.2 Å². The summed E-state index contributed by atoms with van der Waals surface area (Å²) in [4.78, 5) is 14.2. The molecule has 0 N–H and O–H groups in total. The van der Waals surface area contributed by atoms with Crippen molar-refractivity contribution >= 4 is 21.4 Å². The zero-order valence-corrected chi connectivity index (χ0v) is 15.3. The summed E-state index contributed by atoms with van der Waals surface area (Å²) in [6.45, 7) is 5.20. The number of carbonyl (C=O) groups excluding carboxylic acids is 1. The van der Waals surface area contributed by atoms with Gasteiger partial charge in [0.2, 0.25) is 5.91 Å². The highest BCUT2D eigenvalue weighted by Gasteiger charge is 2.51. The Bertz CT molecular complexity index is 658. The molecule has 1 amide bonds. The van der Waals surface area contributed by atoms with Crippen molar-refractivity contribution in [2.45, 2.75) is 62.9 Å². The fourth-order valence-corrected chi connectivity index (χ4v) is 4.68. The van der Waals surface area contributed by atoms with Gasteiger partial charge in [-0.2, -0.15) is 0 Å². The highest BCUT2D eigenvalue weighted by molar-refractivity contribution is 7.94. The molecule has 5 heteroatoms. The molecule has 0 radical (unpaired) electrons. The monoisotopic (exact) mass is 337 g/mol. The standard InChI is InChI=1S/C18H27NO3S/c1-5-6-7-14-8-10-15(11-9-14)19(4)17(20)18(2,3)23(21,22)16-12-13-16/h8-11,16H,5-7,12-13H2,1-4H3. The van der Waals surface area contributed by atoms with Crippen LogP contribution in [0.15, 0.2) is 24.3 Å². The molecule has 0 bridgehead atoms. The molecule has 1 aromatic carbocycles. The second kappa shape index (κ2) is 6.63. The summed E-state index contributed by atoms with van der Waals surface area (Å²) in [5.74, 6) is -0.370. The lowest BCUT2D eigenvalue weighted by molar-refractivity contribution is -0.120. The molecule has 0 saturated heterocycles. The number of sulfone groups is 1. The number of aryl methyl sites for hydroxylation is 1. The van der Waals surface area contributed by atoms with Crippen LogP contribution in [-0.4, -0.2) is 31.4 Å². The third-order valence-electron chi connectivity index (χ3n) is 4.64. The van der Waals surface area contributed by atoms with E-state index in [0.717, 1.165) is 24.9 Å². The van der Waals surface area contributed by atoms with Crippen LogP contribution < -0.4 is 4.90 Å². The normalized spacial score (nSPS) is 15.5. The molecule has 128 valence electrons. The van der Waals surface area contributed by atoms with Gasteiger partial charge >= 0.3 is 0 Å². The first-order valence-electron chi connectivity index (χ1n) is 8.32. The van der Waals surface area contributed by atoms with Gasteiger partial charge in [0.05, 0.1) is 5.25 Å². The molecule has 0 unspecified atom stereocenters. The number of nitrogens with zero attached hydrogens (tertiary/aromatic N) is 1. The van der Waals surface area contributed by atoms with E-state index < -0.39 is 14.6 Å². The average Bonchev–Trinajstić information content (AvgIpc) is 3.37. The zero-order chi connectivity index (χ0) is 17.3. The fraction of sp³-hybridized carbons (Fsp3) is 0.611. The summed E-state index contributed by atoms with van der Waals surface area (Å²) in [7, 11) is -1.78. The fourth-order valence-electron chi connectivity index (χ4n) is 2.70. The molecule has 4 nitrogen and oxygen atoms in total. The first kappa shape index (κ1) is 18.0. The molecular formula is C18H27NO3S. The molecule has 0 aliphatic heterocycles. The smallest absolute Gasteiger partial charge is 0.247 e. The van der Waals surface area contributed by atoms with Gasteiger partial charge in [-0.15, -0.1) is 0 Å². The predicted molar refractivity (Wildman–Crippen MR) is 94.5 cm³/mol. The van der Waals surface area contributed by atoms with Crippen LogP contribution in [0.1, 0.15) is 52.0 Å². The molecule has 1 aliphatic carbocycles. The van der Waals surface area contributed by atoms with Crippen LogP contribution in [0.25, 0.3) is 0 Å². The molecule has 2 rings (SSSR count). The molecule has 0 aromatic heterocycles. The number of rotatable bonds is 7. The van der Waals surface area contributed by atoms with E-state index in [4.69, 9.17) is 0 Å². The average molecular weight is 337 g/mol. The Balaban J connectivity index is 2.15. The Morgan fingerprint density at radius 1 is 1.22 bits per heavy atom. The summed E-state index contributed by atoms with van der Waals surface area (Å²) in [6.07, 6.45) is 4.66. The van der Waals surface area contributed by atoms with Gasteiger partial charge in [0.1, 0.15) is 4.75 Å². The topological polar surface area (TPSA) is 54.5 Å². The summed E-state index contributed by atoms with van der Waals surface area (Å²) < 4.78 is 23.6. The lowest BCUT2D eigenvalue weighted by Crippen LogP contribution is -2.50. The van der Waals surface area contributed by atoms with E-state index in [1.807, 2.05) is 24.3 Å². The number of benzene rings is 1. The summed E-state index contributed by atoms with van der Waals surface area (Å²) in [5, 5.41) is -0.341. The molecule has 0 atom stereocenters. The van der Waals surface area contributed by atoms with Crippen molar-refractivity contribution in [1.82, 2.24) is 0 Å². The van der Waals surface area contributed by atoms with Gasteiger partial charge in [-0.1, -0.05) is 25.5 Å². The Morgan fingerprint density at radius 3 is 2.26 bits per heavy atom. The van der Waals surface area contributed by atoms with Crippen LogP contribution >= 0.6 is 0 Å². The Labute approximate surface area is 139 Å². The van der Waals surface area contributed by atoms with Crippen molar-refractivity contribution in [1.29, 1.82) is 0 Å². The van der Waals surface area contributed by atoms with Crippen LogP contribution in [-0.2, 0) is 21.1 Å². The third kappa shape index (κ3) is 3.60. The van der Waals surface area contributed by atoms with E-state index in [-0.39, 0.29) is 11.2 Å². The van der Waals surface area contributed by atoms with Crippen LogP contribution in [0.2, 0.25) is 0 Å². The maximum atomic E-state index is 12.7. The summed E-state index contributed by atoms with van der Waals surface area (Å²) >= 11 is 0. The van der Waals surface area contributed by atoms with Gasteiger partial charge in [-0.05, 0) is 57.2 Å². The minimum Gasteiger partial charge on any atom is -0.314 e. The number of unbranched alkanes of at least 4 members (excludes halogenated alkanes) is 1. The minimum atomic E-state index is -3.43. The first-order chi connectivity index (χ1) is 10.7. The highest BCUT2D eigenvalue weighted by Crippen LogP contribution is 2.37. The number of carbonyl (C=O) groups is 1. The Hall–Kier alpha value is -1.36. The van der Waals surface area contributed by atoms with Crippen LogP contribution in [0, 0.1) is 0 Å². The highest BCUT2D eigenvalue weighted by atomic mass is 32.2. The minimum absolute atomic E-state index is 0.341. The molecule has 1 fully saturated rings. The van der Waals surface area contributed by atoms with Gasteiger partial charge in [0.15, 0.2) is 9.84 Å². The van der Waals surface area contributed by atoms with Crippen LogP contribution in [0.4, 0.5) is 5.69 Å². The van der Waals surface area contributed by atoms with Gasteiger partial charge < -0.3 is 4.90 Å². The van der Waals surface area contributed by atoms with Gasteiger partial charge in [-0.25, -0.2) is 8.42 Å². The molecule has 0 spiro atoms. The Kier molecular flexibility index (Phi) is 5.19. The third-order valence-corrected chi connectivity index (χ3v) is 7.58. The van der Waals surface area contributed by atoms with Gasteiger partial charge in [0.25, 0.3) is 0 Å². The van der Waals surface area contributed by atoms with Crippen molar-refractivity contribution in [2.24, 2.45) is 0 Å². The van der Waals surface area contributed by atoms with E-state index in [9.17, 15) is 13.2 Å². The molecule has 0 heterocycles. The van der Waals surface area contributed by atoms with Crippen molar-refractivity contribution in [3.8, 4) is 0 Å². The van der Waals surface area contributed by atoms with E-state index in [1.54, 1.807) is 7.05 Å². The Morgan fingerprint density at radius 2 is 1.78 bits per heavy atom. The van der Waals surface area contributed by atoms with Crippen LogP contribution in [0.5, 0.6) is 0 Å². The second-order valence-electron chi connectivity index (χ2n) is 6.89. The lowest BCUT2D eigenvalue weighted by Gasteiger charge is -2.29. The number of hydrogen-bond donors (Lipinski definition) is 0. The molecule has 1 saturated carbocycles. The second-order valence-corrected chi connectivity index (χ2v) is 9.67. The van der Waals surface area contributed by atoms with Crippen molar-refractivity contribution in [3.05, 3.63) is 29.8 Å². The van der Waals surface area contributed by atoms with E-state index in [1.165, 1.54) is 24.3 Å². The first-order valence-corrected chi connectivity index (χ1v) is 9.87. The number of hydrogen-bond acceptors (Lipinski definition) is 3.